The number of hydrogen-bond acceptors (Lipinski definition) is 2. The molecular weight excluding hydrogens is 152 g/mol. The average Bonchev–Trinajstić information content (AvgIpc) is 2.08. The van der Waals surface area contributed by atoms with Gasteiger partial charge < -0.3 is 9.84 Å². The number of phenols is 1. The smallest absolute Gasteiger partial charge is 0.115 e. The highest BCUT2D eigenvalue weighted by Gasteiger charge is 1.74. The first-order chi connectivity index (χ1) is 5.81. The van der Waals surface area contributed by atoms with Gasteiger partial charge >= 0.3 is 0 Å². The van der Waals surface area contributed by atoms with E-state index in [0.29, 0.717) is 5.75 Å². The van der Waals surface area contributed by atoms with Crippen LogP contribution in [0.25, 0.3) is 0 Å². The van der Waals surface area contributed by atoms with Crippen molar-refractivity contribution < 1.29 is 9.84 Å². The molecule has 1 aromatic rings. The summed E-state index contributed by atoms with van der Waals surface area (Å²) >= 11 is 0. The first-order valence-electron chi connectivity index (χ1n) is 4.13. The summed E-state index contributed by atoms with van der Waals surface area (Å²) in [6.07, 6.45) is 0. The fourth-order valence-electron chi connectivity index (χ4n) is 0.632. The summed E-state index contributed by atoms with van der Waals surface area (Å²) < 4.78 is 4.83. The normalized spacial score (nSPS) is 8.50. The number of hydrogen-bond donors (Lipinski definition) is 1. The van der Waals surface area contributed by atoms with Crippen molar-refractivity contribution in [3.05, 3.63) is 30.3 Å². The molecule has 0 aliphatic heterocycles. The van der Waals surface area contributed by atoms with Gasteiger partial charge in [0.15, 0.2) is 0 Å². The molecule has 0 fully saturated rings. The van der Waals surface area contributed by atoms with Crippen LogP contribution in [-0.2, 0) is 4.74 Å². The van der Waals surface area contributed by atoms with Crippen molar-refractivity contribution in [3.63, 3.8) is 0 Å². The predicted octanol–water partition coefficient (Wildman–Crippen LogP) is 2.44. The molecule has 1 rings (SSSR count). The third kappa shape index (κ3) is 7.09. The second-order valence-electron chi connectivity index (χ2n) is 2.12. The first kappa shape index (κ1) is 11.0. The van der Waals surface area contributed by atoms with Crippen LogP contribution in [-0.4, -0.2) is 18.3 Å². The van der Waals surface area contributed by atoms with E-state index >= 15 is 0 Å². The molecule has 0 heterocycles. The van der Waals surface area contributed by atoms with Gasteiger partial charge in [0.1, 0.15) is 5.75 Å². The summed E-state index contributed by atoms with van der Waals surface area (Å²) in [6, 6.07) is 8.71. The molecule has 0 aliphatic carbocycles. The van der Waals surface area contributed by atoms with Gasteiger partial charge in [-0.1, -0.05) is 18.2 Å². The summed E-state index contributed by atoms with van der Waals surface area (Å²) in [7, 11) is 0. The molecule has 0 amide bonds. The molecule has 0 unspecified atom stereocenters. The summed E-state index contributed by atoms with van der Waals surface area (Å²) in [5, 5.41) is 8.63. The Balaban J connectivity index is 0.000000217. The molecule has 0 aliphatic rings. The van der Waals surface area contributed by atoms with E-state index in [2.05, 4.69) is 0 Å². The molecule has 0 saturated heterocycles. The average molecular weight is 168 g/mol. The van der Waals surface area contributed by atoms with E-state index < -0.39 is 0 Å². The topological polar surface area (TPSA) is 29.5 Å². The Labute approximate surface area is 73.8 Å². The fourth-order valence-corrected chi connectivity index (χ4v) is 0.632. The quantitative estimate of drug-likeness (QED) is 0.735. The van der Waals surface area contributed by atoms with Crippen LogP contribution in [0.3, 0.4) is 0 Å². The number of rotatable bonds is 2. The van der Waals surface area contributed by atoms with Gasteiger partial charge in [0, 0.05) is 13.2 Å². The van der Waals surface area contributed by atoms with Crippen LogP contribution in [0, 0.1) is 0 Å². The molecule has 0 saturated carbocycles. The Morgan fingerprint density at radius 2 is 1.58 bits per heavy atom. The first-order valence-corrected chi connectivity index (χ1v) is 4.13. The van der Waals surface area contributed by atoms with E-state index in [0.717, 1.165) is 13.2 Å². The maximum absolute atomic E-state index is 8.63. The maximum atomic E-state index is 8.63. The molecule has 0 radical (unpaired) electrons. The molecule has 1 N–H and O–H groups in total. The van der Waals surface area contributed by atoms with Crippen LogP contribution in [0.2, 0.25) is 0 Å². The lowest BCUT2D eigenvalue weighted by Gasteiger charge is -1.86. The van der Waals surface area contributed by atoms with E-state index in [1.54, 1.807) is 24.3 Å². The largest absolute Gasteiger partial charge is 0.508 e. The molecule has 0 bridgehead atoms. The molecule has 12 heavy (non-hydrogen) atoms. The van der Waals surface area contributed by atoms with Crippen molar-refractivity contribution in [2.24, 2.45) is 0 Å². The van der Waals surface area contributed by atoms with Gasteiger partial charge in [-0.2, -0.15) is 0 Å². The van der Waals surface area contributed by atoms with Gasteiger partial charge in [0.2, 0.25) is 0 Å². The summed E-state index contributed by atoms with van der Waals surface area (Å²) in [5.74, 6) is 0.322. The van der Waals surface area contributed by atoms with Gasteiger partial charge in [-0.25, -0.2) is 0 Å². The van der Waals surface area contributed by atoms with Gasteiger partial charge in [-0.15, -0.1) is 0 Å². The zero-order valence-corrected chi connectivity index (χ0v) is 7.66. The third-order valence-electron chi connectivity index (χ3n) is 1.16. The highest BCUT2D eigenvalue weighted by molar-refractivity contribution is 5.18. The van der Waals surface area contributed by atoms with E-state index in [4.69, 9.17) is 9.84 Å². The third-order valence-corrected chi connectivity index (χ3v) is 1.16. The zero-order valence-electron chi connectivity index (χ0n) is 7.66. The van der Waals surface area contributed by atoms with Crippen molar-refractivity contribution in [1.82, 2.24) is 0 Å². The van der Waals surface area contributed by atoms with E-state index in [1.165, 1.54) is 0 Å². The Morgan fingerprint density at radius 3 is 1.75 bits per heavy atom. The molecule has 1 aromatic carbocycles. The van der Waals surface area contributed by atoms with Gasteiger partial charge in [0.25, 0.3) is 0 Å². The molecule has 68 valence electrons. The van der Waals surface area contributed by atoms with Gasteiger partial charge in [0.05, 0.1) is 0 Å². The van der Waals surface area contributed by atoms with Crippen LogP contribution in [0.15, 0.2) is 30.3 Å². The molecule has 0 atom stereocenters. The van der Waals surface area contributed by atoms with E-state index in [9.17, 15) is 0 Å². The summed E-state index contributed by atoms with van der Waals surface area (Å²) in [5.41, 5.74) is 0. The lowest BCUT2D eigenvalue weighted by Crippen LogP contribution is -1.84. The van der Waals surface area contributed by atoms with Crippen molar-refractivity contribution in [3.8, 4) is 5.75 Å². The monoisotopic (exact) mass is 168 g/mol. The van der Waals surface area contributed by atoms with Crippen LogP contribution < -0.4 is 0 Å². The lowest BCUT2D eigenvalue weighted by molar-refractivity contribution is 0.162. The predicted molar refractivity (Wildman–Crippen MR) is 50.3 cm³/mol. The fraction of sp³-hybridized carbons (Fsp3) is 0.400. The summed E-state index contributed by atoms with van der Waals surface area (Å²) in [6.45, 7) is 5.67. The van der Waals surface area contributed by atoms with Crippen molar-refractivity contribution in [1.29, 1.82) is 0 Å². The molecular formula is C10H16O2. The number of benzene rings is 1. The lowest BCUT2D eigenvalue weighted by atomic mass is 10.3. The maximum Gasteiger partial charge on any atom is 0.115 e. The minimum atomic E-state index is 0.322. The molecule has 2 heteroatoms. The number of phenolic OH excluding ortho intramolecular Hbond substituents is 1. The standard InChI is InChI=1S/C6H6O.C4H10O/c7-6-4-2-1-3-5-6;1-3-5-4-2/h1-5,7H;3-4H2,1-2H3. The highest BCUT2D eigenvalue weighted by atomic mass is 16.5. The molecule has 0 spiro atoms. The van der Waals surface area contributed by atoms with Gasteiger partial charge in [-0.3, -0.25) is 0 Å². The Kier molecular flexibility index (Phi) is 7.39. The van der Waals surface area contributed by atoms with E-state index in [1.807, 2.05) is 19.9 Å². The Bertz CT molecular complexity index is 170. The summed E-state index contributed by atoms with van der Waals surface area (Å²) in [4.78, 5) is 0. The number of aromatic hydroxyl groups is 1. The minimum Gasteiger partial charge on any atom is -0.508 e. The van der Waals surface area contributed by atoms with Crippen LogP contribution in [0.4, 0.5) is 0 Å². The van der Waals surface area contributed by atoms with Crippen LogP contribution >= 0.6 is 0 Å². The van der Waals surface area contributed by atoms with Gasteiger partial charge in [-0.05, 0) is 26.0 Å². The molecule has 0 aromatic heterocycles. The van der Waals surface area contributed by atoms with Crippen LogP contribution in [0.1, 0.15) is 13.8 Å². The minimum absolute atomic E-state index is 0.322. The van der Waals surface area contributed by atoms with Crippen molar-refractivity contribution in [2.75, 3.05) is 13.2 Å². The number of ether oxygens (including phenoxy) is 1. The zero-order chi connectivity index (χ0) is 9.23. The number of para-hydroxylation sites is 1. The van der Waals surface area contributed by atoms with E-state index in [-0.39, 0.29) is 0 Å². The van der Waals surface area contributed by atoms with Crippen molar-refractivity contribution in [2.45, 2.75) is 13.8 Å². The SMILES string of the molecule is CCOCC.Oc1ccccc1. The van der Waals surface area contributed by atoms with Crippen molar-refractivity contribution >= 4 is 0 Å². The Morgan fingerprint density at radius 1 is 1.08 bits per heavy atom. The second kappa shape index (κ2) is 8.08. The Hall–Kier alpha value is -1.02. The molecule has 2 nitrogen and oxygen atoms in total. The highest BCUT2D eigenvalue weighted by Crippen LogP contribution is 2.02. The second-order valence-corrected chi connectivity index (χ2v) is 2.12. The van der Waals surface area contributed by atoms with Crippen LogP contribution in [0.5, 0.6) is 5.75 Å².